The number of carbonyl (C=O) groups is 3. The first-order chi connectivity index (χ1) is 9.86. The summed E-state index contributed by atoms with van der Waals surface area (Å²) in [5.41, 5.74) is -0.651. The molecule has 3 N–H and O–H groups in total. The van der Waals surface area contributed by atoms with Gasteiger partial charge in [0.15, 0.2) is 0 Å². The smallest absolute Gasteiger partial charge is 0.326 e. The minimum atomic E-state index is -1.41. The topological polar surface area (TPSA) is 113 Å². The van der Waals surface area contributed by atoms with Crippen molar-refractivity contribution in [1.82, 2.24) is 5.32 Å². The standard InChI is InChI=1S/C13H14FNO6/c1-21-10(17)6-5-8(13(19)20)15-12(18)11-7(14)3-2-4-9(11)16/h2-4,8,16H,5-6H2,1H3,(H,15,18)(H,19,20)/t8-/m1/s1. The molecule has 1 amide bonds. The number of rotatable bonds is 6. The number of phenols is 1. The van der Waals surface area contributed by atoms with Gasteiger partial charge in [0, 0.05) is 6.42 Å². The number of halogens is 1. The third-order valence-electron chi connectivity index (χ3n) is 2.69. The number of methoxy groups -OCH3 is 1. The number of hydrogen-bond acceptors (Lipinski definition) is 5. The van der Waals surface area contributed by atoms with Crippen molar-refractivity contribution in [2.45, 2.75) is 18.9 Å². The number of carboxylic acid groups (broad SMARTS) is 1. The lowest BCUT2D eigenvalue weighted by Gasteiger charge is -2.14. The zero-order valence-corrected chi connectivity index (χ0v) is 11.1. The summed E-state index contributed by atoms with van der Waals surface area (Å²) in [4.78, 5) is 33.8. The number of carboxylic acids is 1. The van der Waals surface area contributed by atoms with E-state index in [-0.39, 0.29) is 12.8 Å². The normalized spacial score (nSPS) is 11.5. The van der Waals surface area contributed by atoms with Gasteiger partial charge in [-0.2, -0.15) is 0 Å². The van der Waals surface area contributed by atoms with E-state index in [0.29, 0.717) is 0 Å². The van der Waals surface area contributed by atoms with Crippen LogP contribution in [0.4, 0.5) is 4.39 Å². The first-order valence-electron chi connectivity index (χ1n) is 5.94. The van der Waals surface area contributed by atoms with E-state index in [1.807, 2.05) is 5.32 Å². The van der Waals surface area contributed by atoms with Gasteiger partial charge in [0.05, 0.1) is 7.11 Å². The lowest BCUT2D eigenvalue weighted by atomic mass is 10.1. The number of amides is 1. The maximum atomic E-state index is 13.5. The lowest BCUT2D eigenvalue weighted by molar-refractivity contribution is -0.142. The van der Waals surface area contributed by atoms with Crippen molar-refractivity contribution in [3.63, 3.8) is 0 Å². The molecule has 21 heavy (non-hydrogen) atoms. The van der Waals surface area contributed by atoms with Crippen molar-refractivity contribution >= 4 is 17.8 Å². The van der Waals surface area contributed by atoms with Crippen molar-refractivity contribution in [2.24, 2.45) is 0 Å². The molecule has 0 aliphatic carbocycles. The van der Waals surface area contributed by atoms with Gasteiger partial charge < -0.3 is 20.3 Å². The van der Waals surface area contributed by atoms with Crippen molar-refractivity contribution in [2.75, 3.05) is 7.11 Å². The Hall–Kier alpha value is -2.64. The maximum absolute atomic E-state index is 13.5. The minimum Gasteiger partial charge on any atom is -0.507 e. The monoisotopic (exact) mass is 299 g/mol. The molecule has 0 bridgehead atoms. The number of ether oxygens (including phenoxy) is 1. The molecule has 0 aliphatic rings. The molecule has 0 heterocycles. The summed E-state index contributed by atoms with van der Waals surface area (Å²) >= 11 is 0. The van der Waals surface area contributed by atoms with Crippen LogP contribution in [0, 0.1) is 5.82 Å². The van der Waals surface area contributed by atoms with Gasteiger partial charge in [-0.05, 0) is 18.6 Å². The number of aromatic hydroxyl groups is 1. The summed E-state index contributed by atoms with van der Waals surface area (Å²) in [5, 5.41) is 20.5. The largest absolute Gasteiger partial charge is 0.507 e. The third-order valence-corrected chi connectivity index (χ3v) is 2.69. The van der Waals surface area contributed by atoms with Crippen LogP contribution in [-0.2, 0) is 14.3 Å². The van der Waals surface area contributed by atoms with Crippen LogP contribution in [0.15, 0.2) is 18.2 Å². The number of benzene rings is 1. The lowest BCUT2D eigenvalue weighted by Crippen LogP contribution is -2.41. The average molecular weight is 299 g/mol. The molecule has 1 aromatic carbocycles. The van der Waals surface area contributed by atoms with Crippen molar-refractivity contribution < 1.29 is 33.7 Å². The molecule has 0 radical (unpaired) electrons. The van der Waals surface area contributed by atoms with Crippen molar-refractivity contribution in [1.29, 1.82) is 0 Å². The fraction of sp³-hybridized carbons (Fsp3) is 0.308. The maximum Gasteiger partial charge on any atom is 0.326 e. The molecular weight excluding hydrogens is 285 g/mol. The Labute approximate surface area is 119 Å². The zero-order chi connectivity index (χ0) is 16.0. The van der Waals surface area contributed by atoms with Crippen LogP contribution in [0.3, 0.4) is 0 Å². The summed E-state index contributed by atoms with van der Waals surface area (Å²) in [5.74, 6) is -4.69. The molecule has 0 aliphatic heterocycles. The Morgan fingerprint density at radius 3 is 2.57 bits per heavy atom. The minimum absolute atomic E-state index is 0.219. The molecule has 0 fully saturated rings. The number of nitrogens with one attached hydrogen (secondary N) is 1. The first-order valence-corrected chi connectivity index (χ1v) is 5.94. The molecule has 0 spiro atoms. The molecule has 0 saturated carbocycles. The van der Waals surface area contributed by atoms with Crippen LogP contribution >= 0.6 is 0 Å². The number of hydrogen-bond donors (Lipinski definition) is 3. The summed E-state index contributed by atoms with van der Waals surface area (Å²) in [6.45, 7) is 0. The second kappa shape index (κ2) is 7.22. The molecule has 7 nitrogen and oxygen atoms in total. The van der Waals surface area contributed by atoms with Crippen LogP contribution in [-0.4, -0.2) is 41.2 Å². The van der Waals surface area contributed by atoms with E-state index < -0.39 is 41.0 Å². The highest BCUT2D eigenvalue weighted by Gasteiger charge is 2.24. The van der Waals surface area contributed by atoms with E-state index >= 15 is 0 Å². The van der Waals surface area contributed by atoms with Gasteiger partial charge in [-0.25, -0.2) is 9.18 Å². The Balaban J connectivity index is 2.82. The van der Waals surface area contributed by atoms with Gasteiger partial charge in [0.2, 0.25) is 0 Å². The molecule has 0 aromatic heterocycles. The number of esters is 1. The number of phenolic OH excluding ortho intramolecular Hbond substituents is 1. The molecule has 1 aromatic rings. The highest BCUT2D eigenvalue weighted by Crippen LogP contribution is 2.19. The Morgan fingerprint density at radius 2 is 2.05 bits per heavy atom. The van der Waals surface area contributed by atoms with E-state index in [9.17, 15) is 23.9 Å². The predicted molar refractivity (Wildman–Crippen MR) is 68.2 cm³/mol. The summed E-state index contributed by atoms with van der Waals surface area (Å²) in [6, 6.07) is 1.85. The Kier molecular flexibility index (Phi) is 5.65. The van der Waals surface area contributed by atoms with E-state index in [1.165, 1.54) is 6.07 Å². The Morgan fingerprint density at radius 1 is 1.38 bits per heavy atom. The number of aliphatic carboxylic acids is 1. The van der Waals surface area contributed by atoms with Gasteiger partial charge >= 0.3 is 11.9 Å². The van der Waals surface area contributed by atoms with E-state index in [2.05, 4.69) is 4.74 Å². The van der Waals surface area contributed by atoms with E-state index in [4.69, 9.17) is 5.11 Å². The molecule has 1 rings (SSSR count). The van der Waals surface area contributed by atoms with E-state index in [1.54, 1.807) is 0 Å². The van der Waals surface area contributed by atoms with Crippen molar-refractivity contribution in [3.8, 4) is 5.75 Å². The third kappa shape index (κ3) is 4.44. The molecule has 1 atom stereocenters. The second-order valence-corrected chi connectivity index (χ2v) is 4.11. The fourth-order valence-corrected chi connectivity index (χ4v) is 1.59. The van der Waals surface area contributed by atoms with Crippen molar-refractivity contribution in [3.05, 3.63) is 29.6 Å². The molecular formula is C13H14FNO6. The predicted octanol–water partition coefficient (Wildman–Crippen LogP) is 0.667. The highest BCUT2D eigenvalue weighted by atomic mass is 19.1. The molecule has 114 valence electrons. The summed E-state index contributed by atoms with van der Waals surface area (Å²) in [6.07, 6.45) is -0.444. The van der Waals surface area contributed by atoms with Gasteiger partial charge in [-0.15, -0.1) is 0 Å². The van der Waals surface area contributed by atoms with Gasteiger partial charge in [-0.3, -0.25) is 9.59 Å². The van der Waals surface area contributed by atoms with E-state index in [0.717, 1.165) is 19.2 Å². The van der Waals surface area contributed by atoms with Crippen LogP contribution in [0.5, 0.6) is 5.75 Å². The second-order valence-electron chi connectivity index (χ2n) is 4.11. The average Bonchev–Trinajstić information content (AvgIpc) is 2.42. The van der Waals surface area contributed by atoms with Gasteiger partial charge in [0.1, 0.15) is 23.2 Å². The summed E-state index contributed by atoms with van der Waals surface area (Å²) in [7, 11) is 1.15. The Bertz CT molecular complexity index is 539. The zero-order valence-electron chi connectivity index (χ0n) is 11.1. The number of carbonyl (C=O) groups excluding carboxylic acids is 2. The van der Waals surface area contributed by atoms with Crippen LogP contribution in [0.1, 0.15) is 23.2 Å². The van der Waals surface area contributed by atoms with Crippen LogP contribution in [0.2, 0.25) is 0 Å². The molecule has 8 heteroatoms. The van der Waals surface area contributed by atoms with Crippen LogP contribution < -0.4 is 5.32 Å². The summed E-state index contributed by atoms with van der Waals surface area (Å²) < 4.78 is 17.8. The molecule has 0 saturated heterocycles. The fourth-order valence-electron chi connectivity index (χ4n) is 1.59. The SMILES string of the molecule is COC(=O)CC[C@@H](NC(=O)c1c(O)cccc1F)C(=O)O. The first kappa shape index (κ1) is 16.4. The van der Waals surface area contributed by atoms with Gasteiger partial charge in [0.25, 0.3) is 5.91 Å². The quantitative estimate of drug-likeness (QED) is 0.665. The van der Waals surface area contributed by atoms with Gasteiger partial charge in [-0.1, -0.05) is 6.07 Å². The highest BCUT2D eigenvalue weighted by molar-refractivity contribution is 5.99. The molecule has 0 unspecified atom stereocenters. The van der Waals surface area contributed by atoms with Crippen LogP contribution in [0.25, 0.3) is 0 Å².